The summed E-state index contributed by atoms with van der Waals surface area (Å²) >= 11 is 7.13. The van der Waals surface area contributed by atoms with E-state index < -0.39 is 17.9 Å². The molecule has 0 bridgehead atoms. The highest BCUT2D eigenvalue weighted by molar-refractivity contribution is 7.98. The second-order valence-corrected chi connectivity index (χ2v) is 4.89. The maximum Gasteiger partial charge on any atom is 0.326 e. The molecule has 1 aromatic rings. The van der Waals surface area contributed by atoms with Crippen molar-refractivity contribution < 1.29 is 14.7 Å². The van der Waals surface area contributed by atoms with E-state index in [2.05, 4.69) is 10.3 Å². The number of nitrogens with one attached hydrogen (secondary N) is 1. The van der Waals surface area contributed by atoms with Gasteiger partial charge in [-0.2, -0.15) is 11.8 Å². The van der Waals surface area contributed by atoms with Gasteiger partial charge in [-0.15, -0.1) is 0 Å². The Bertz CT molecular complexity index is 425. The summed E-state index contributed by atoms with van der Waals surface area (Å²) < 4.78 is 0. The number of halogens is 1. The highest BCUT2D eigenvalue weighted by Crippen LogP contribution is 2.07. The average Bonchev–Trinajstić information content (AvgIpc) is 2.34. The zero-order valence-corrected chi connectivity index (χ0v) is 11.3. The van der Waals surface area contributed by atoms with Crippen LogP contribution in [0.15, 0.2) is 18.3 Å². The van der Waals surface area contributed by atoms with Gasteiger partial charge in [-0.1, -0.05) is 11.6 Å². The molecule has 0 spiro atoms. The first-order valence-electron chi connectivity index (χ1n) is 5.18. The van der Waals surface area contributed by atoms with Crippen LogP contribution in [0.3, 0.4) is 0 Å². The molecule has 2 N–H and O–H groups in total. The molecule has 98 valence electrons. The number of thioether (sulfide) groups is 1. The Hall–Kier alpha value is -1.27. The molecule has 0 saturated carbocycles. The van der Waals surface area contributed by atoms with Crippen LogP contribution in [0, 0.1) is 0 Å². The number of carboxylic acids is 1. The first-order valence-corrected chi connectivity index (χ1v) is 6.96. The smallest absolute Gasteiger partial charge is 0.326 e. The van der Waals surface area contributed by atoms with Gasteiger partial charge in [-0.3, -0.25) is 4.79 Å². The zero-order chi connectivity index (χ0) is 13.5. The minimum absolute atomic E-state index is 0.281. The Labute approximate surface area is 114 Å². The maximum absolute atomic E-state index is 11.8. The molecule has 5 nitrogen and oxygen atoms in total. The quantitative estimate of drug-likeness (QED) is 0.779. The van der Waals surface area contributed by atoms with Gasteiger partial charge in [0.1, 0.15) is 11.2 Å². The second-order valence-electron chi connectivity index (χ2n) is 3.52. The number of aliphatic carboxylic acids is 1. The van der Waals surface area contributed by atoms with E-state index in [1.165, 1.54) is 30.1 Å². The molecule has 7 heteroatoms. The number of nitrogens with zero attached hydrogens (tertiary/aromatic N) is 1. The van der Waals surface area contributed by atoms with Gasteiger partial charge in [0.25, 0.3) is 5.91 Å². The largest absolute Gasteiger partial charge is 0.480 e. The monoisotopic (exact) mass is 288 g/mol. The van der Waals surface area contributed by atoms with E-state index in [1.54, 1.807) is 0 Å². The molecule has 1 rings (SSSR count). The molecule has 0 aliphatic carbocycles. The van der Waals surface area contributed by atoms with E-state index in [1.807, 2.05) is 6.26 Å². The normalized spacial score (nSPS) is 11.9. The number of rotatable bonds is 6. The molecule has 0 unspecified atom stereocenters. The fourth-order valence-electron chi connectivity index (χ4n) is 1.24. The van der Waals surface area contributed by atoms with Crippen LogP contribution in [0.2, 0.25) is 5.15 Å². The molecular weight excluding hydrogens is 276 g/mol. The van der Waals surface area contributed by atoms with Gasteiger partial charge in [0.15, 0.2) is 0 Å². The van der Waals surface area contributed by atoms with Gasteiger partial charge in [-0.25, -0.2) is 9.78 Å². The zero-order valence-electron chi connectivity index (χ0n) is 9.72. The first kappa shape index (κ1) is 14.8. The van der Waals surface area contributed by atoms with Gasteiger partial charge < -0.3 is 10.4 Å². The van der Waals surface area contributed by atoms with Crippen LogP contribution in [0.5, 0.6) is 0 Å². The minimum Gasteiger partial charge on any atom is -0.480 e. The molecule has 1 aromatic heterocycles. The summed E-state index contributed by atoms with van der Waals surface area (Å²) in [6.45, 7) is 0. The van der Waals surface area contributed by atoms with Crippen LogP contribution in [-0.2, 0) is 4.79 Å². The molecular formula is C11H13ClN2O3S. The van der Waals surface area contributed by atoms with E-state index >= 15 is 0 Å². The number of hydrogen-bond donors (Lipinski definition) is 2. The van der Waals surface area contributed by atoms with Crippen LogP contribution < -0.4 is 5.32 Å². The Morgan fingerprint density at radius 3 is 2.78 bits per heavy atom. The summed E-state index contributed by atoms with van der Waals surface area (Å²) in [6, 6.07) is 2.09. The number of carbonyl (C=O) groups is 2. The fourth-order valence-corrected chi connectivity index (χ4v) is 1.83. The van der Waals surface area contributed by atoms with Crippen molar-refractivity contribution in [2.24, 2.45) is 0 Å². The van der Waals surface area contributed by atoms with E-state index in [4.69, 9.17) is 16.7 Å². The molecule has 0 aromatic carbocycles. The predicted molar refractivity (Wildman–Crippen MR) is 71.1 cm³/mol. The van der Waals surface area contributed by atoms with Crippen LogP contribution >= 0.6 is 23.4 Å². The van der Waals surface area contributed by atoms with E-state index in [0.717, 1.165) is 0 Å². The summed E-state index contributed by atoms with van der Waals surface area (Å²) in [5.74, 6) is -0.845. The standard InChI is InChI=1S/C11H13ClN2O3S/c1-18-5-4-8(11(16)17)14-10(15)7-2-3-9(12)13-6-7/h2-3,6,8H,4-5H2,1H3,(H,14,15)(H,16,17)/t8-/m0/s1. The average molecular weight is 289 g/mol. The van der Waals surface area contributed by atoms with E-state index in [0.29, 0.717) is 12.2 Å². The molecule has 18 heavy (non-hydrogen) atoms. The van der Waals surface area contributed by atoms with Crippen molar-refractivity contribution in [1.82, 2.24) is 10.3 Å². The molecule has 0 aliphatic heterocycles. The number of hydrogen-bond acceptors (Lipinski definition) is 4. The van der Waals surface area contributed by atoms with Gasteiger partial charge in [0.2, 0.25) is 0 Å². The predicted octanol–water partition coefficient (Wildman–Crippen LogP) is 1.67. The van der Waals surface area contributed by atoms with Crippen molar-refractivity contribution in [2.75, 3.05) is 12.0 Å². The van der Waals surface area contributed by atoms with Crippen LogP contribution in [-0.4, -0.2) is 40.0 Å². The second kappa shape index (κ2) is 7.23. The summed E-state index contributed by atoms with van der Waals surface area (Å²) in [7, 11) is 0. The number of carbonyl (C=O) groups excluding carboxylic acids is 1. The lowest BCUT2D eigenvalue weighted by atomic mass is 10.2. The lowest BCUT2D eigenvalue weighted by molar-refractivity contribution is -0.139. The van der Waals surface area contributed by atoms with Crippen molar-refractivity contribution in [3.8, 4) is 0 Å². The third-order valence-corrected chi connectivity index (χ3v) is 3.07. The summed E-state index contributed by atoms with van der Waals surface area (Å²) in [5.41, 5.74) is 0.287. The molecule has 1 heterocycles. The molecule has 1 amide bonds. The summed E-state index contributed by atoms with van der Waals surface area (Å²) in [6.07, 6.45) is 3.57. The van der Waals surface area contributed by atoms with E-state index in [-0.39, 0.29) is 10.7 Å². The highest BCUT2D eigenvalue weighted by atomic mass is 35.5. The Balaban J connectivity index is 2.66. The highest BCUT2D eigenvalue weighted by Gasteiger charge is 2.20. The van der Waals surface area contributed by atoms with Crippen molar-refractivity contribution >= 4 is 35.2 Å². The van der Waals surface area contributed by atoms with Crippen molar-refractivity contribution in [3.63, 3.8) is 0 Å². The Kier molecular flexibility index (Phi) is 5.94. The van der Waals surface area contributed by atoms with Crippen LogP contribution in [0.25, 0.3) is 0 Å². The molecule has 0 aliphatic rings. The van der Waals surface area contributed by atoms with Crippen molar-refractivity contribution in [1.29, 1.82) is 0 Å². The van der Waals surface area contributed by atoms with Crippen molar-refractivity contribution in [3.05, 3.63) is 29.0 Å². The molecule has 1 atom stereocenters. The molecule has 0 radical (unpaired) electrons. The van der Waals surface area contributed by atoms with Gasteiger partial charge in [0, 0.05) is 6.20 Å². The van der Waals surface area contributed by atoms with Crippen molar-refractivity contribution in [2.45, 2.75) is 12.5 Å². The van der Waals surface area contributed by atoms with Crippen LogP contribution in [0.4, 0.5) is 0 Å². The van der Waals surface area contributed by atoms with E-state index in [9.17, 15) is 9.59 Å². The number of pyridine rings is 1. The topological polar surface area (TPSA) is 79.3 Å². The summed E-state index contributed by atoms with van der Waals surface area (Å²) in [5, 5.41) is 11.7. The third-order valence-electron chi connectivity index (χ3n) is 2.20. The van der Waals surface area contributed by atoms with Crippen LogP contribution in [0.1, 0.15) is 16.8 Å². The lowest BCUT2D eigenvalue weighted by Gasteiger charge is -2.13. The number of carboxylic acid groups (broad SMARTS) is 1. The Morgan fingerprint density at radius 2 is 2.28 bits per heavy atom. The maximum atomic E-state index is 11.8. The molecule has 0 fully saturated rings. The SMILES string of the molecule is CSCC[C@H](NC(=O)c1ccc(Cl)nc1)C(=O)O. The third kappa shape index (κ3) is 4.54. The minimum atomic E-state index is -1.04. The first-order chi connectivity index (χ1) is 8.54. The summed E-state index contributed by atoms with van der Waals surface area (Å²) in [4.78, 5) is 26.5. The lowest BCUT2D eigenvalue weighted by Crippen LogP contribution is -2.41. The molecule has 0 saturated heterocycles. The van der Waals surface area contributed by atoms with Gasteiger partial charge in [0.05, 0.1) is 5.56 Å². The number of aromatic nitrogens is 1. The number of amides is 1. The Morgan fingerprint density at radius 1 is 1.56 bits per heavy atom. The van der Waals surface area contributed by atoms with Gasteiger partial charge in [-0.05, 0) is 30.6 Å². The fraction of sp³-hybridized carbons (Fsp3) is 0.364. The van der Waals surface area contributed by atoms with Gasteiger partial charge >= 0.3 is 5.97 Å².